The molecule has 108 valence electrons. The summed E-state index contributed by atoms with van der Waals surface area (Å²) in [5.41, 5.74) is 6.47. The molecule has 2 aromatic rings. The van der Waals surface area contributed by atoms with Crippen LogP contribution in [-0.4, -0.2) is 18.5 Å². The number of hydrogen-bond acceptors (Lipinski definition) is 3. The summed E-state index contributed by atoms with van der Waals surface area (Å²) in [4.78, 5) is 12.2. The second-order valence-electron chi connectivity index (χ2n) is 5.16. The molecule has 0 radical (unpaired) electrons. The van der Waals surface area contributed by atoms with E-state index in [0.717, 1.165) is 30.2 Å². The highest BCUT2D eigenvalue weighted by Gasteiger charge is 2.28. The van der Waals surface area contributed by atoms with Crippen molar-refractivity contribution in [2.45, 2.75) is 25.3 Å². The minimum absolute atomic E-state index is 0. The number of para-hydroxylation sites is 1. The van der Waals surface area contributed by atoms with E-state index in [-0.39, 0.29) is 24.4 Å². The average Bonchev–Trinajstić information content (AvgIpc) is 3.03. The molecule has 4 nitrogen and oxygen atoms in total. The van der Waals surface area contributed by atoms with Gasteiger partial charge in [0.1, 0.15) is 5.58 Å². The van der Waals surface area contributed by atoms with Crippen molar-refractivity contribution in [3.05, 3.63) is 36.1 Å². The standard InChI is InChI=1S/C15H18N2O2.ClH/c16-9-11-5-3-6-12(11)17-15(18)14-8-10-4-1-2-7-13(10)19-14;/h1-2,4,7-8,11-12H,3,5-6,9,16H2,(H,17,18);1H. The SMILES string of the molecule is Cl.NCC1CCCC1NC(=O)c1cc2ccccc2o1. The first-order valence-electron chi connectivity index (χ1n) is 6.77. The number of furan rings is 1. The van der Waals surface area contributed by atoms with Crippen molar-refractivity contribution in [2.24, 2.45) is 11.7 Å². The Labute approximate surface area is 124 Å². The van der Waals surface area contributed by atoms with Crippen molar-refractivity contribution in [1.29, 1.82) is 0 Å². The van der Waals surface area contributed by atoms with Crippen LogP contribution in [0.3, 0.4) is 0 Å². The van der Waals surface area contributed by atoms with Gasteiger partial charge in [0.05, 0.1) is 0 Å². The zero-order valence-corrected chi connectivity index (χ0v) is 12.0. The highest BCUT2D eigenvalue weighted by molar-refractivity contribution is 5.96. The Hall–Kier alpha value is -1.52. The Kier molecular flexibility index (Phi) is 4.68. The molecule has 0 spiro atoms. The quantitative estimate of drug-likeness (QED) is 0.914. The Balaban J connectivity index is 0.00000147. The van der Waals surface area contributed by atoms with Crippen LogP contribution in [0, 0.1) is 5.92 Å². The van der Waals surface area contributed by atoms with Crippen LogP contribution in [0.4, 0.5) is 0 Å². The molecule has 0 bridgehead atoms. The van der Waals surface area contributed by atoms with Crippen molar-refractivity contribution >= 4 is 29.3 Å². The summed E-state index contributed by atoms with van der Waals surface area (Å²) in [6.07, 6.45) is 3.24. The maximum atomic E-state index is 12.2. The third-order valence-electron chi connectivity index (χ3n) is 3.93. The molecular weight excluding hydrogens is 276 g/mol. The van der Waals surface area contributed by atoms with Crippen LogP contribution in [0.2, 0.25) is 0 Å². The molecule has 0 saturated heterocycles. The minimum atomic E-state index is -0.137. The van der Waals surface area contributed by atoms with E-state index in [0.29, 0.717) is 18.2 Å². The maximum absolute atomic E-state index is 12.2. The van der Waals surface area contributed by atoms with Crippen molar-refractivity contribution in [1.82, 2.24) is 5.32 Å². The molecule has 2 unspecified atom stereocenters. The van der Waals surface area contributed by atoms with Gasteiger partial charge in [-0.1, -0.05) is 24.6 Å². The molecule has 1 amide bonds. The van der Waals surface area contributed by atoms with E-state index >= 15 is 0 Å². The zero-order chi connectivity index (χ0) is 13.2. The predicted octanol–water partition coefficient (Wildman–Crippen LogP) is 2.71. The van der Waals surface area contributed by atoms with Gasteiger partial charge in [-0.05, 0) is 37.4 Å². The van der Waals surface area contributed by atoms with Gasteiger partial charge < -0.3 is 15.5 Å². The molecule has 1 aliphatic carbocycles. The molecule has 20 heavy (non-hydrogen) atoms. The Morgan fingerprint density at radius 2 is 2.15 bits per heavy atom. The Bertz CT molecular complexity index is 563. The topological polar surface area (TPSA) is 68.3 Å². The third kappa shape index (κ3) is 2.81. The van der Waals surface area contributed by atoms with Gasteiger partial charge in [0, 0.05) is 11.4 Å². The van der Waals surface area contributed by atoms with Crippen LogP contribution in [0.15, 0.2) is 34.7 Å². The maximum Gasteiger partial charge on any atom is 0.287 e. The molecule has 3 N–H and O–H groups in total. The van der Waals surface area contributed by atoms with Gasteiger partial charge in [0.15, 0.2) is 5.76 Å². The Morgan fingerprint density at radius 1 is 1.35 bits per heavy atom. The number of benzene rings is 1. The number of carbonyl (C=O) groups is 1. The summed E-state index contributed by atoms with van der Waals surface area (Å²) in [6, 6.07) is 9.61. The lowest BCUT2D eigenvalue weighted by molar-refractivity contribution is 0.0903. The number of amides is 1. The number of nitrogens with two attached hydrogens (primary N) is 1. The molecule has 5 heteroatoms. The van der Waals surface area contributed by atoms with Crippen LogP contribution >= 0.6 is 12.4 Å². The fraction of sp³-hybridized carbons (Fsp3) is 0.400. The number of hydrogen-bond donors (Lipinski definition) is 2. The molecule has 1 aliphatic rings. The van der Waals surface area contributed by atoms with Gasteiger partial charge in [-0.25, -0.2) is 0 Å². The molecule has 1 aromatic carbocycles. The van der Waals surface area contributed by atoms with E-state index < -0.39 is 0 Å². The Morgan fingerprint density at radius 3 is 2.90 bits per heavy atom. The highest BCUT2D eigenvalue weighted by atomic mass is 35.5. The van der Waals surface area contributed by atoms with E-state index in [1.807, 2.05) is 24.3 Å². The first kappa shape index (κ1) is 14.9. The summed E-state index contributed by atoms with van der Waals surface area (Å²) >= 11 is 0. The molecular formula is C15H19ClN2O2. The lowest BCUT2D eigenvalue weighted by Crippen LogP contribution is -2.39. The van der Waals surface area contributed by atoms with Crippen molar-refractivity contribution in [3.8, 4) is 0 Å². The molecule has 1 aromatic heterocycles. The lowest BCUT2D eigenvalue weighted by Gasteiger charge is -2.18. The summed E-state index contributed by atoms with van der Waals surface area (Å²) < 4.78 is 5.57. The van der Waals surface area contributed by atoms with Crippen LogP contribution in [-0.2, 0) is 0 Å². The van der Waals surface area contributed by atoms with E-state index in [1.54, 1.807) is 6.07 Å². The van der Waals surface area contributed by atoms with Gasteiger partial charge in [0.2, 0.25) is 0 Å². The second-order valence-corrected chi connectivity index (χ2v) is 5.16. The fourth-order valence-electron chi connectivity index (χ4n) is 2.84. The number of rotatable bonds is 3. The van der Waals surface area contributed by atoms with Gasteiger partial charge in [0.25, 0.3) is 5.91 Å². The summed E-state index contributed by atoms with van der Waals surface area (Å²) in [7, 11) is 0. The van der Waals surface area contributed by atoms with Crippen LogP contribution in [0.1, 0.15) is 29.8 Å². The number of carbonyl (C=O) groups excluding carboxylic acids is 1. The number of nitrogens with one attached hydrogen (secondary N) is 1. The van der Waals surface area contributed by atoms with E-state index in [4.69, 9.17) is 10.2 Å². The van der Waals surface area contributed by atoms with E-state index in [9.17, 15) is 4.79 Å². The summed E-state index contributed by atoms with van der Waals surface area (Å²) in [5, 5.41) is 4.00. The van der Waals surface area contributed by atoms with Crippen LogP contribution in [0.5, 0.6) is 0 Å². The average molecular weight is 295 g/mol. The zero-order valence-electron chi connectivity index (χ0n) is 11.2. The number of fused-ring (bicyclic) bond motifs is 1. The van der Waals surface area contributed by atoms with Gasteiger partial charge in [-0.3, -0.25) is 4.79 Å². The molecule has 3 rings (SSSR count). The van der Waals surface area contributed by atoms with E-state index in [2.05, 4.69) is 5.32 Å². The van der Waals surface area contributed by atoms with Crippen molar-refractivity contribution in [2.75, 3.05) is 6.54 Å². The van der Waals surface area contributed by atoms with Crippen LogP contribution in [0.25, 0.3) is 11.0 Å². The monoisotopic (exact) mass is 294 g/mol. The van der Waals surface area contributed by atoms with Gasteiger partial charge in [-0.15, -0.1) is 12.4 Å². The normalized spacial score (nSPS) is 21.6. The first-order chi connectivity index (χ1) is 9.28. The molecule has 1 heterocycles. The van der Waals surface area contributed by atoms with Gasteiger partial charge in [-0.2, -0.15) is 0 Å². The highest BCUT2D eigenvalue weighted by Crippen LogP contribution is 2.25. The smallest absolute Gasteiger partial charge is 0.287 e. The fourth-order valence-corrected chi connectivity index (χ4v) is 2.84. The lowest BCUT2D eigenvalue weighted by atomic mass is 10.0. The molecule has 0 aliphatic heterocycles. The predicted molar refractivity (Wildman–Crippen MR) is 81.1 cm³/mol. The van der Waals surface area contributed by atoms with Crippen molar-refractivity contribution in [3.63, 3.8) is 0 Å². The molecule has 2 atom stereocenters. The molecule has 1 fully saturated rings. The largest absolute Gasteiger partial charge is 0.451 e. The van der Waals surface area contributed by atoms with E-state index in [1.165, 1.54) is 0 Å². The second kappa shape index (κ2) is 6.29. The minimum Gasteiger partial charge on any atom is -0.451 e. The number of halogens is 1. The van der Waals surface area contributed by atoms with Gasteiger partial charge >= 0.3 is 0 Å². The summed E-state index contributed by atoms with van der Waals surface area (Å²) in [5.74, 6) is 0.638. The van der Waals surface area contributed by atoms with Crippen molar-refractivity contribution < 1.29 is 9.21 Å². The molecule has 1 saturated carbocycles. The summed E-state index contributed by atoms with van der Waals surface area (Å²) in [6.45, 7) is 0.630. The first-order valence-corrected chi connectivity index (χ1v) is 6.77. The van der Waals surface area contributed by atoms with Crippen LogP contribution < -0.4 is 11.1 Å². The third-order valence-corrected chi connectivity index (χ3v) is 3.93.